The number of benzene rings is 1. The Morgan fingerprint density at radius 3 is 2.90 bits per heavy atom. The molecule has 0 radical (unpaired) electrons. The molecule has 1 aromatic carbocycles. The first-order valence-corrected chi connectivity index (χ1v) is 8.99. The first kappa shape index (κ1) is 19.5. The highest BCUT2D eigenvalue weighted by atomic mass is 15.3. The summed E-state index contributed by atoms with van der Waals surface area (Å²) in [7, 11) is 0. The molecule has 0 atom stereocenters. The molecule has 146 valence electrons. The van der Waals surface area contributed by atoms with Gasteiger partial charge in [-0.3, -0.25) is 4.68 Å². The summed E-state index contributed by atoms with van der Waals surface area (Å²) in [4.78, 5) is 8.68. The van der Waals surface area contributed by atoms with Crippen molar-refractivity contribution in [2.24, 2.45) is 0 Å². The van der Waals surface area contributed by atoms with Gasteiger partial charge in [0.15, 0.2) is 0 Å². The minimum Gasteiger partial charge on any atom is -0.365 e. The Hall–Kier alpha value is -4.24. The number of unbranched alkanes of at least 4 members (excludes halogenated alkanes) is 1. The summed E-state index contributed by atoms with van der Waals surface area (Å²) in [5, 5.41) is 35.9. The lowest BCUT2D eigenvalue weighted by atomic mass is 10.1. The maximum Gasteiger partial charge on any atom is 0.229 e. The van der Waals surface area contributed by atoms with E-state index in [0.717, 1.165) is 17.7 Å². The van der Waals surface area contributed by atoms with Crippen LogP contribution < -0.4 is 10.6 Å². The highest BCUT2D eigenvalue weighted by molar-refractivity contribution is 5.84. The van der Waals surface area contributed by atoms with Crippen molar-refractivity contribution in [3.63, 3.8) is 0 Å². The van der Waals surface area contributed by atoms with Crippen LogP contribution in [0.2, 0.25) is 0 Å². The van der Waals surface area contributed by atoms with Gasteiger partial charge in [0, 0.05) is 39.5 Å². The van der Waals surface area contributed by atoms with E-state index in [0.29, 0.717) is 42.4 Å². The molecule has 0 aliphatic carbocycles. The van der Waals surface area contributed by atoms with E-state index in [1.807, 2.05) is 24.4 Å². The fraction of sp³-hybridized carbons (Fsp3) is 0.200. The maximum atomic E-state index is 9.22. The van der Waals surface area contributed by atoms with E-state index in [2.05, 4.69) is 37.8 Å². The lowest BCUT2D eigenvalue weighted by Gasteiger charge is -2.11. The lowest BCUT2D eigenvalue weighted by molar-refractivity contribution is 0.586. The van der Waals surface area contributed by atoms with Crippen LogP contribution in [-0.4, -0.2) is 26.0 Å². The molecule has 0 unspecified atom stereocenters. The number of aryl methyl sites for hydroxylation is 1. The number of anilines is 3. The summed E-state index contributed by atoms with van der Waals surface area (Å²) in [6, 6.07) is 11.6. The lowest BCUT2D eigenvalue weighted by Crippen LogP contribution is -2.08. The average molecular weight is 387 g/mol. The van der Waals surface area contributed by atoms with Crippen molar-refractivity contribution in [2.75, 3.05) is 10.6 Å². The van der Waals surface area contributed by atoms with Crippen LogP contribution in [0.15, 0.2) is 42.9 Å². The topological polar surface area (TPSA) is 139 Å². The second kappa shape index (κ2) is 9.62. The largest absolute Gasteiger partial charge is 0.365 e. The first-order valence-electron chi connectivity index (χ1n) is 8.99. The Balaban J connectivity index is 0.00000320. The molecular weight excluding hydrogens is 366 g/mol. The zero-order chi connectivity index (χ0) is 20.5. The van der Waals surface area contributed by atoms with E-state index in [1.165, 1.54) is 6.21 Å². The van der Waals surface area contributed by atoms with Crippen LogP contribution in [0, 0.1) is 28.1 Å². The number of hydrogen-bond donors (Lipinski definition) is 3. The fourth-order valence-corrected chi connectivity index (χ4v) is 2.66. The van der Waals surface area contributed by atoms with Gasteiger partial charge in [-0.1, -0.05) is 18.2 Å². The monoisotopic (exact) mass is 387 g/mol. The predicted molar refractivity (Wildman–Crippen MR) is 111 cm³/mol. The Morgan fingerprint density at radius 2 is 2.10 bits per heavy atom. The molecule has 0 aliphatic heterocycles. The van der Waals surface area contributed by atoms with Gasteiger partial charge in [-0.25, -0.2) is 4.98 Å². The van der Waals surface area contributed by atoms with Crippen molar-refractivity contribution in [3.05, 3.63) is 59.5 Å². The second-order valence-electron chi connectivity index (χ2n) is 6.14. The van der Waals surface area contributed by atoms with Gasteiger partial charge in [0.2, 0.25) is 5.95 Å². The van der Waals surface area contributed by atoms with Crippen LogP contribution in [0.5, 0.6) is 0 Å². The third kappa shape index (κ3) is 5.15. The molecule has 0 bridgehead atoms. The molecule has 29 heavy (non-hydrogen) atoms. The van der Waals surface area contributed by atoms with Crippen LogP contribution in [-0.2, 0) is 13.1 Å². The van der Waals surface area contributed by atoms with E-state index < -0.39 is 0 Å². The number of rotatable bonds is 9. The molecule has 0 spiro atoms. The van der Waals surface area contributed by atoms with Crippen LogP contribution >= 0.6 is 0 Å². The van der Waals surface area contributed by atoms with Gasteiger partial charge in [0.05, 0.1) is 35.1 Å². The van der Waals surface area contributed by atoms with Gasteiger partial charge in [-0.05, 0) is 18.1 Å². The highest BCUT2D eigenvalue weighted by Crippen LogP contribution is 2.18. The van der Waals surface area contributed by atoms with Crippen LogP contribution in [0.25, 0.3) is 0 Å². The van der Waals surface area contributed by atoms with Crippen molar-refractivity contribution in [1.29, 1.82) is 15.9 Å². The van der Waals surface area contributed by atoms with Crippen molar-refractivity contribution < 1.29 is 1.43 Å². The molecule has 3 aromatic rings. The van der Waals surface area contributed by atoms with Crippen LogP contribution in [0.1, 0.15) is 31.0 Å². The molecular formula is C20H21N9. The summed E-state index contributed by atoms with van der Waals surface area (Å²) in [6.07, 6.45) is 7.44. The number of aromatic nitrogens is 4. The third-order valence-electron chi connectivity index (χ3n) is 4.12. The number of nitrogens with zero attached hydrogens (tertiary/aromatic N) is 6. The SMILES string of the molecule is N#CCCCn1cc(Nc2ncc(C=N)c(NCc3ccccc3C#N)n2)cn1.[HH]. The quantitative estimate of drug-likeness (QED) is 0.377. The summed E-state index contributed by atoms with van der Waals surface area (Å²) in [5.41, 5.74) is 2.70. The van der Waals surface area contributed by atoms with Crippen LogP contribution in [0.3, 0.4) is 0 Å². The standard InChI is InChI=1S/C20H19N9.H2/c21-7-3-4-8-29-14-18(13-26-29)27-20-25-12-17(10-23)19(28-20)24-11-16-6-2-1-5-15(16)9-22;/h1-2,5-6,10,12-14,23H,3-4,8,11H2,(H2,24,25,27,28);1H. The second-order valence-corrected chi connectivity index (χ2v) is 6.14. The maximum absolute atomic E-state index is 9.22. The van der Waals surface area contributed by atoms with E-state index in [1.54, 1.807) is 23.1 Å². The fourth-order valence-electron chi connectivity index (χ4n) is 2.66. The van der Waals surface area contributed by atoms with Crippen molar-refractivity contribution in [1.82, 2.24) is 19.7 Å². The number of hydrogen-bond acceptors (Lipinski definition) is 8. The molecule has 2 aromatic heterocycles. The minimum atomic E-state index is 0. The smallest absolute Gasteiger partial charge is 0.229 e. The average Bonchev–Trinajstić information content (AvgIpc) is 3.20. The molecule has 0 fully saturated rings. The molecule has 9 heteroatoms. The zero-order valence-electron chi connectivity index (χ0n) is 15.6. The van der Waals surface area contributed by atoms with E-state index in [9.17, 15) is 5.26 Å². The highest BCUT2D eigenvalue weighted by Gasteiger charge is 2.08. The Morgan fingerprint density at radius 1 is 1.24 bits per heavy atom. The van der Waals surface area contributed by atoms with Gasteiger partial charge in [0.1, 0.15) is 5.82 Å². The molecule has 3 rings (SSSR count). The van der Waals surface area contributed by atoms with Gasteiger partial charge < -0.3 is 16.0 Å². The Kier molecular flexibility index (Phi) is 6.48. The molecule has 0 amide bonds. The first-order chi connectivity index (χ1) is 14.2. The van der Waals surface area contributed by atoms with E-state index in [-0.39, 0.29) is 1.43 Å². The summed E-state index contributed by atoms with van der Waals surface area (Å²) in [6.45, 7) is 1.06. The molecule has 0 aliphatic rings. The molecule has 3 N–H and O–H groups in total. The van der Waals surface area contributed by atoms with Crippen molar-refractivity contribution in [2.45, 2.75) is 25.9 Å². The van der Waals surface area contributed by atoms with E-state index >= 15 is 0 Å². The Labute approximate surface area is 169 Å². The Bertz CT molecular complexity index is 1080. The molecule has 0 saturated heterocycles. The van der Waals surface area contributed by atoms with Gasteiger partial charge in [-0.2, -0.15) is 20.6 Å². The van der Waals surface area contributed by atoms with Gasteiger partial charge in [0.25, 0.3) is 0 Å². The number of nitrogens with one attached hydrogen (secondary N) is 3. The summed E-state index contributed by atoms with van der Waals surface area (Å²) >= 11 is 0. The van der Waals surface area contributed by atoms with Crippen LogP contribution in [0.4, 0.5) is 17.5 Å². The zero-order valence-corrected chi connectivity index (χ0v) is 15.6. The van der Waals surface area contributed by atoms with E-state index in [4.69, 9.17) is 10.7 Å². The number of nitriles is 2. The normalized spacial score (nSPS) is 10.0. The minimum absolute atomic E-state index is 0. The third-order valence-corrected chi connectivity index (χ3v) is 4.12. The van der Waals surface area contributed by atoms with Gasteiger partial charge >= 0.3 is 0 Å². The summed E-state index contributed by atoms with van der Waals surface area (Å²) in [5.74, 6) is 0.856. The van der Waals surface area contributed by atoms with Crippen molar-refractivity contribution in [3.8, 4) is 12.1 Å². The predicted octanol–water partition coefficient (Wildman–Crippen LogP) is 3.45. The molecule has 2 heterocycles. The van der Waals surface area contributed by atoms with Crippen molar-refractivity contribution >= 4 is 23.7 Å². The van der Waals surface area contributed by atoms with Gasteiger partial charge in [-0.15, -0.1) is 0 Å². The molecule has 0 saturated carbocycles. The summed E-state index contributed by atoms with van der Waals surface area (Å²) < 4.78 is 1.75. The molecule has 9 nitrogen and oxygen atoms in total.